The summed E-state index contributed by atoms with van der Waals surface area (Å²) in [6.45, 7) is 13.8. The molecule has 0 N–H and O–H groups in total. The quantitative estimate of drug-likeness (QED) is 0.621. The number of rotatable bonds is 5. The van der Waals surface area contributed by atoms with Crippen molar-refractivity contribution < 1.29 is 4.79 Å². The van der Waals surface area contributed by atoms with Gasteiger partial charge in [-0.1, -0.05) is 13.0 Å². The topological polar surface area (TPSA) is 20.3 Å². The van der Waals surface area contributed by atoms with Crippen molar-refractivity contribution in [3.05, 3.63) is 12.7 Å². The molecule has 0 aromatic carbocycles. The van der Waals surface area contributed by atoms with Crippen LogP contribution in [0.25, 0.3) is 0 Å². The van der Waals surface area contributed by atoms with Crippen LogP contribution in [0.5, 0.6) is 0 Å². The first-order valence-electron chi connectivity index (χ1n) is 5.34. The van der Waals surface area contributed by atoms with Crippen LogP contribution in [0, 0.1) is 5.92 Å². The van der Waals surface area contributed by atoms with E-state index in [4.69, 9.17) is 0 Å². The van der Waals surface area contributed by atoms with Gasteiger partial charge in [0.25, 0.3) is 0 Å². The summed E-state index contributed by atoms with van der Waals surface area (Å²) in [7, 11) is 0. The van der Waals surface area contributed by atoms with E-state index in [1.165, 1.54) is 0 Å². The third kappa shape index (κ3) is 3.52. The molecular weight excluding hydrogens is 174 g/mol. The maximum absolute atomic E-state index is 12.0. The van der Waals surface area contributed by atoms with Gasteiger partial charge >= 0.3 is 0 Å². The summed E-state index contributed by atoms with van der Waals surface area (Å²) in [6.07, 6.45) is 2.57. The molecule has 0 radical (unpaired) electrons. The molecule has 0 spiro atoms. The van der Waals surface area contributed by atoms with Gasteiger partial charge in [-0.15, -0.1) is 6.58 Å². The van der Waals surface area contributed by atoms with Crippen LogP contribution >= 0.6 is 0 Å². The van der Waals surface area contributed by atoms with Gasteiger partial charge < -0.3 is 4.90 Å². The summed E-state index contributed by atoms with van der Waals surface area (Å²) in [5.74, 6) is 0.284. The van der Waals surface area contributed by atoms with Crippen LogP contribution < -0.4 is 0 Å². The highest BCUT2D eigenvalue weighted by molar-refractivity contribution is 5.79. The van der Waals surface area contributed by atoms with Crippen molar-refractivity contribution in [1.82, 2.24) is 4.90 Å². The number of carbonyl (C=O) groups excluding carboxylic acids is 1. The number of carbonyl (C=O) groups is 1. The van der Waals surface area contributed by atoms with Gasteiger partial charge in [-0.3, -0.25) is 4.79 Å². The van der Waals surface area contributed by atoms with E-state index in [0.717, 1.165) is 6.42 Å². The Hall–Kier alpha value is -0.790. The molecule has 0 aromatic heterocycles. The van der Waals surface area contributed by atoms with E-state index < -0.39 is 0 Å². The summed E-state index contributed by atoms with van der Waals surface area (Å²) in [4.78, 5) is 13.9. The molecule has 0 saturated heterocycles. The second-order valence-corrected chi connectivity index (χ2v) is 4.36. The van der Waals surface area contributed by atoms with Gasteiger partial charge in [0.2, 0.25) is 5.91 Å². The zero-order valence-corrected chi connectivity index (χ0v) is 10.1. The summed E-state index contributed by atoms with van der Waals surface area (Å²) >= 11 is 0. The normalized spacial score (nSPS) is 13.1. The Balaban J connectivity index is 4.51. The molecule has 0 heterocycles. The van der Waals surface area contributed by atoms with E-state index in [0.29, 0.717) is 0 Å². The standard InChI is InChI=1S/C12H23NO/c1-7-8-11(6)12(14)13(9(2)3)10(4)5/h7,9-11H,1,8H2,2-6H3/t11-/m1/s1. The zero-order valence-electron chi connectivity index (χ0n) is 10.1. The van der Waals surface area contributed by atoms with Crippen LogP contribution in [0.2, 0.25) is 0 Å². The van der Waals surface area contributed by atoms with Crippen LogP contribution in [-0.4, -0.2) is 22.9 Å². The lowest BCUT2D eigenvalue weighted by Gasteiger charge is -2.32. The summed E-state index contributed by atoms with van der Waals surface area (Å²) in [6, 6.07) is 0.546. The van der Waals surface area contributed by atoms with Crippen molar-refractivity contribution in [2.75, 3.05) is 0 Å². The molecule has 14 heavy (non-hydrogen) atoms. The molecule has 1 atom stereocenters. The molecular formula is C12H23NO. The highest BCUT2D eigenvalue weighted by Crippen LogP contribution is 2.13. The number of allylic oxidation sites excluding steroid dienone is 1. The van der Waals surface area contributed by atoms with Crippen LogP contribution in [0.1, 0.15) is 41.0 Å². The molecule has 0 bridgehead atoms. The van der Waals surface area contributed by atoms with Crippen molar-refractivity contribution in [2.24, 2.45) is 5.92 Å². The van der Waals surface area contributed by atoms with Crippen LogP contribution in [0.15, 0.2) is 12.7 Å². The predicted octanol–water partition coefficient (Wildman–Crippen LogP) is 2.84. The molecule has 0 aliphatic rings. The average Bonchev–Trinajstić information content (AvgIpc) is 2.03. The average molecular weight is 197 g/mol. The molecule has 1 amide bonds. The van der Waals surface area contributed by atoms with E-state index in [9.17, 15) is 4.79 Å². The minimum Gasteiger partial charge on any atom is -0.338 e. The lowest BCUT2D eigenvalue weighted by Crippen LogP contribution is -2.44. The highest BCUT2D eigenvalue weighted by Gasteiger charge is 2.23. The van der Waals surface area contributed by atoms with Crippen molar-refractivity contribution in [2.45, 2.75) is 53.1 Å². The molecule has 0 fully saturated rings. The Kier molecular flexibility index (Phi) is 5.51. The van der Waals surface area contributed by atoms with Crippen molar-refractivity contribution in [1.29, 1.82) is 0 Å². The zero-order chi connectivity index (χ0) is 11.3. The number of amides is 1. The van der Waals surface area contributed by atoms with Gasteiger partial charge in [-0.05, 0) is 34.1 Å². The molecule has 0 aliphatic carbocycles. The van der Waals surface area contributed by atoms with Gasteiger partial charge in [0, 0.05) is 18.0 Å². The van der Waals surface area contributed by atoms with Crippen LogP contribution in [0.3, 0.4) is 0 Å². The van der Waals surface area contributed by atoms with E-state index in [-0.39, 0.29) is 23.9 Å². The predicted molar refractivity (Wildman–Crippen MR) is 61.1 cm³/mol. The fourth-order valence-corrected chi connectivity index (χ4v) is 1.71. The second kappa shape index (κ2) is 5.84. The van der Waals surface area contributed by atoms with Gasteiger partial charge in [0.15, 0.2) is 0 Å². The second-order valence-electron chi connectivity index (χ2n) is 4.36. The van der Waals surface area contributed by atoms with Gasteiger partial charge in [0.1, 0.15) is 0 Å². The molecule has 0 unspecified atom stereocenters. The Morgan fingerprint density at radius 2 is 1.64 bits per heavy atom. The molecule has 2 heteroatoms. The Morgan fingerprint density at radius 3 is 1.93 bits per heavy atom. The summed E-state index contributed by atoms with van der Waals surface area (Å²) < 4.78 is 0. The molecule has 0 rings (SSSR count). The van der Waals surface area contributed by atoms with Crippen molar-refractivity contribution in [3.63, 3.8) is 0 Å². The van der Waals surface area contributed by atoms with Crippen LogP contribution in [0.4, 0.5) is 0 Å². The smallest absolute Gasteiger partial charge is 0.226 e. The third-order valence-electron chi connectivity index (χ3n) is 2.31. The van der Waals surface area contributed by atoms with Crippen LogP contribution in [-0.2, 0) is 4.79 Å². The Labute approximate surface area is 88.0 Å². The Morgan fingerprint density at radius 1 is 1.21 bits per heavy atom. The SMILES string of the molecule is C=CC[C@@H](C)C(=O)N(C(C)C)C(C)C. The maximum atomic E-state index is 12.0. The van der Waals surface area contributed by atoms with Gasteiger partial charge in [-0.2, -0.15) is 0 Å². The lowest BCUT2D eigenvalue weighted by molar-refractivity contribution is -0.138. The molecule has 2 nitrogen and oxygen atoms in total. The van der Waals surface area contributed by atoms with E-state index in [1.807, 2.05) is 11.8 Å². The fourth-order valence-electron chi connectivity index (χ4n) is 1.71. The largest absolute Gasteiger partial charge is 0.338 e. The van der Waals surface area contributed by atoms with E-state index in [1.54, 1.807) is 6.08 Å². The lowest BCUT2D eigenvalue weighted by atomic mass is 10.0. The number of hydrogen-bond acceptors (Lipinski definition) is 1. The fraction of sp³-hybridized carbons (Fsp3) is 0.750. The Bertz CT molecular complexity index is 188. The van der Waals surface area contributed by atoms with Gasteiger partial charge in [-0.25, -0.2) is 0 Å². The first-order chi connectivity index (χ1) is 6.41. The van der Waals surface area contributed by atoms with E-state index >= 15 is 0 Å². The third-order valence-corrected chi connectivity index (χ3v) is 2.31. The molecule has 0 aromatic rings. The minimum atomic E-state index is 0.0531. The highest BCUT2D eigenvalue weighted by atomic mass is 16.2. The number of nitrogens with zero attached hydrogens (tertiary/aromatic N) is 1. The monoisotopic (exact) mass is 197 g/mol. The van der Waals surface area contributed by atoms with Crippen molar-refractivity contribution in [3.8, 4) is 0 Å². The molecule has 0 saturated carbocycles. The number of hydrogen-bond donors (Lipinski definition) is 0. The van der Waals surface area contributed by atoms with E-state index in [2.05, 4.69) is 34.3 Å². The first-order valence-corrected chi connectivity index (χ1v) is 5.34. The summed E-state index contributed by atoms with van der Waals surface area (Å²) in [5, 5.41) is 0. The summed E-state index contributed by atoms with van der Waals surface area (Å²) in [5.41, 5.74) is 0. The molecule has 0 aliphatic heterocycles. The molecule has 82 valence electrons. The van der Waals surface area contributed by atoms with Crippen molar-refractivity contribution >= 4 is 5.91 Å². The first kappa shape index (κ1) is 13.2. The maximum Gasteiger partial charge on any atom is 0.226 e. The van der Waals surface area contributed by atoms with Gasteiger partial charge in [0.05, 0.1) is 0 Å². The minimum absolute atomic E-state index is 0.0531.